The Kier molecular flexibility index (Phi) is 5.33. The number of nitrogens with zero attached hydrogens (tertiary/aromatic N) is 2. The van der Waals surface area contributed by atoms with Crippen LogP contribution in [0.15, 0.2) is 53.7 Å². The van der Waals surface area contributed by atoms with Gasteiger partial charge in [0.2, 0.25) is 0 Å². The van der Waals surface area contributed by atoms with Gasteiger partial charge in [-0.3, -0.25) is 4.79 Å². The minimum Gasteiger partial charge on any atom is -0.497 e. The Labute approximate surface area is 147 Å². The van der Waals surface area contributed by atoms with Crippen LogP contribution in [0.1, 0.15) is 40.4 Å². The van der Waals surface area contributed by atoms with Crippen LogP contribution in [0.4, 0.5) is 0 Å². The highest BCUT2D eigenvalue weighted by atomic mass is 16.6. The van der Waals surface area contributed by atoms with Crippen molar-refractivity contribution in [2.24, 2.45) is 5.16 Å². The van der Waals surface area contributed by atoms with Crippen molar-refractivity contribution in [3.63, 3.8) is 0 Å². The Morgan fingerprint density at radius 1 is 1.20 bits per heavy atom. The Hall–Kier alpha value is -2.82. The van der Waals surface area contributed by atoms with Gasteiger partial charge in [-0.05, 0) is 48.2 Å². The van der Waals surface area contributed by atoms with Gasteiger partial charge in [0.25, 0.3) is 5.91 Å². The minimum absolute atomic E-state index is 0.0561. The van der Waals surface area contributed by atoms with Crippen LogP contribution in [-0.2, 0) is 4.84 Å². The highest BCUT2D eigenvalue weighted by Crippen LogP contribution is 2.34. The Morgan fingerprint density at radius 2 is 2.00 bits per heavy atom. The van der Waals surface area contributed by atoms with Crippen molar-refractivity contribution in [3.8, 4) is 5.75 Å². The first-order valence-electron chi connectivity index (χ1n) is 8.34. The molecule has 130 valence electrons. The lowest BCUT2D eigenvalue weighted by molar-refractivity contribution is 0.0735. The molecule has 0 aliphatic carbocycles. The molecule has 1 aliphatic heterocycles. The van der Waals surface area contributed by atoms with Crippen LogP contribution in [0.5, 0.6) is 5.75 Å². The highest BCUT2D eigenvalue weighted by Gasteiger charge is 2.30. The van der Waals surface area contributed by atoms with E-state index in [2.05, 4.69) is 16.1 Å². The van der Waals surface area contributed by atoms with Gasteiger partial charge in [-0.2, -0.15) is 0 Å². The predicted octanol–water partition coefficient (Wildman–Crippen LogP) is 3.65. The standard InChI is InChI=1S/C20H22N2O3/c1-24-18-6-3-5-17(13-18)19-7-4-12-22(19)20(23)16-10-8-15(9-11-16)14-21-25-2/h3,5-6,8-11,13-14,19H,4,7,12H2,1-2H3/b21-14+. The Morgan fingerprint density at radius 3 is 2.72 bits per heavy atom. The van der Waals surface area contributed by atoms with Crippen LogP contribution >= 0.6 is 0 Å². The molecular formula is C20H22N2O3. The highest BCUT2D eigenvalue weighted by molar-refractivity contribution is 5.95. The monoisotopic (exact) mass is 338 g/mol. The molecule has 0 aromatic heterocycles. The number of hydrogen-bond donors (Lipinski definition) is 0. The topological polar surface area (TPSA) is 51.1 Å². The molecule has 1 fully saturated rings. The van der Waals surface area contributed by atoms with Crippen LogP contribution in [-0.4, -0.2) is 37.8 Å². The summed E-state index contributed by atoms with van der Waals surface area (Å²) in [5, 5.41) is 3.73. The van der Waals surface area contributed by atoms with Crippen LogP contribution in [0.25, 0.3) is 0 Å². The third-order valence-electron chi connectivity index (χ3n) is 4.46. The fourth-order valence-corrected chi connectivity index (χ4v) is 3.20. The molecule has 2 aromatic carbocycles. The molecule has 25 heavy (non-hydrogen) atoms. The van der Waals surface area contributed by atoms with Crippen LogP contribution in [0.2, 0.25) is 0 Å². The second-order valence-electron chi connectivity index (χ2n) is 5.97. The van der Waals surface area contributed by atoms with E-state index in [4.69, 9.17) is 4.74 Å². The zero-order valence-corrected chi connectivity index (χ0v) is 14.5. The molecule has 1 unspecified atom stereocenters. The van der Waals surface area contributed by atoms with Gasteiger partial charge < -0.3 is 14.5 Å². The summed E-state index contributed by atoms with van der Waals surface area (Å²) < 4.78 is 5.31. The number of ether oxygens (including phenoxy) is 1. The largest absolute Gasteiger partial charge is 0.497 e. The number of rotatable bonds is 5. The van der Waals surface area contributed by atoms with Crippen molar-refractivity contribution < 1.29 is 14.4 Å². The number of amides is 1. The maximum atomic E-state index is 12.9. The van der Waals surface area contributed by atoms with E-state index in [1.165, 1.54) is 7.11 Å². The predicted molar refractivity (Wildman–Crippen MR) is 97.1 cm³/mol. The maximum Gasteiger partial charge on any atom is 0.254 e. The lowest BCUT2D eigenvalue weighted by atomic mass is 10.0. The fraction of sp³-hybridized carbons (Fsp3) is 0.300. The van der Waals surface area contributed by atoms with Crippen molar-refractivity contribution in [2.75, 3.05) is 20.8 Å². The second kappa shape index (κ2) is 7.83. The third kappa shape index (κ3) is 3.82. The van der Waals surface area contributed by atoms with Crippen LogP contribution in [0.3, 0.4) is 0 Å². The molecule has 0 N–H and O–H groups in total. The zero-order valence-electron chi connectivity index (χ0n) is 14.5. The van der Waals surface area contributed by atoms with E-state index in [0.717, 1.165) is 36.3 Å². The van der Waals surface area contributed by atoms with E-state index in [9.17, 15) is 4.79 Å². The smallest absolute Gasteiger partial charge is 0.254 e. The number of carbonyl (C=O) groups is 1. The number of benzene rings is 2. The maximum absolute atomic E-state index is 12.9. The summed E-state index contributed by atoms with van der Waals surface area (Å²) in [4.78, 5) is 19.6. The first kappa shape index (κ1) is 17.0. The van der Waals surface area contributed by atoms with E-state index in [0.29, 0.717) is 5.56 Å². The second-order valence-corrected chi connectivity index (χ2v) is 5.97. The average molecular weight is 338 g/mol. The quantitative estimate of drug-likeness (QED) is 0.618. The number of carbonyl (C=O) groups excluding carboxylic acids is 1. The molecule has 1 saturated heterocycles. The number of oxime groups is 1. The van der Waals surface area contributed by atoms with Gasteiger partial charge in [0, 0.05) is 12.1 Å². The molecule has 1 aliphatic rings. The van der Waals surface area contributed by atoms with Gasteiger partial charge in [-0.15, -0.1) is 0 Å². The molecule has 2 aromatic rings. The minimum atomic E-state index is 0.0561. The molecule has 0 radical (unpaired) electrons. The van der Waals surface area contributed by atoms with E-state index >= 15 is 0 Å². The van der Waals surface area contributed by atoms with Crippen LogP contribution in [0, 0.1) is 0 Å². The normalized spacial score (nSPS) is 17.0. The molecule has 0 spiro atoms. The zero-order chi connectivity index (χ0) is 17.6. The van der Waals surface area contributed by atoms with E-state index in [1.807, 2.05) is 47.4 Å². The van der Waals surface area contributed by atoms with E-state index < -0.39 is 0 Å². The van der Waals surface area contributed by atoms with Gasteiger partial charge in [-0.25, -0.2) is 0 Å². The van der Waals surface area contributed by atoms with Gasteiger partial charge >= 0.3 is 0 Å². The van der Waals surface area contributed by atoms with Crippen molar-refractivity contribution in [1.82, 2.24) is 4.90 Å². The van der Waals surface area contributed by atoms with Gasteiger partial charge in [-0.1, -0.05) is 29.4 Å². The van der Waals surface area contributed by atoms with E-state index in [1.54, 1.807) is 13.3 Å². The number of likely N-dealkylation sites (tertiary alicyclic amines) is 1. The summed E-state index contributed by atoms with van der Waals surface area (Å²) in [5.41, 5.74) is 2.70. The van der Waals surface area contributed by atoms with Crippen molar-refractivity contribution >= 4 is 12.1 Å². The fourth-order valence-electron chi connectivity index (χ4n) is 3.20. The molecule has 1 atom stereocenters. The summed E-state index contributed by atoms with van der Waals surface area (Å²) in [6.07, 6.45) is 3.59. The average Bonchev–Trinajstić information content (AvgIpc) is 3.16. The van der Waals surface area contributed by atoms with Crippen molar-refractivity contribution in [2.45, 2.75) is 18.9 Å². The van der Waals surface area contributed by atoms with Crippen LogP contribution < -0.4 is 4.74 Å². The molecular weight excluding hydrogens is 316 g/mol. The van der Waals surface area contributed by atoms with Gasteiger partial charge in [0.15, 0.2) is 0 Å². The molecule has 5 nitrogen and oxygen atoms in total. The molecule has 5 heteroatoms. The Bertz CT molecular complexity index is 756. The SMILES string of the molecule is CO/N=C/c1ccc(C(=O)N2CCCC2c2cccc(OC)c2)cc1. The molecule has 1 amide bonds. The third-order valence-corrected chi connectivity index (χ3v) is 4.46. The summed E-state index contributed by atoms with van der Waals surface area (Å²) in [5.74, 6) is 0.874. The number of hydrogen-bond acceptors (Lipinski definition) is 4. The lowest BCUT2D eigenvalue weighted by Gasteiger charge is -2.25. The van der Waals surface area contributed by atoms with Crippen molar-refractivity contribution in [1.29, 1.82) is 0 Å². The van der Waals surface area contributed by atoms with Crippen molar-refractivity contribution in [3.05, 3.63) is 65.2 Å². The summed E-state index contributed by atoms with van der Waals surface area (Å²) in [6.45, 7) is 0.771. The first-order chi connectivity index (χ1) is 12.2. The molecule has 0 bridgehead atoms. The van der Waals surface area contributed by atoms with Gasteiger partial charge in [0.1, 0.15) is 12.9 Å². The molecule has 0 saturated carbocycles. The number of methoxy groups -OCH3 is 1. The van der Waals surface area contributed by atoms with E-state index in [-0.39, 0.29) is 11.9 Å². The molecule has 3 rings (SSSR count). The molecule has 1 heterocycles. The van der Waals surface area contributed by atoms with Gasteiger partial charge in [0.05, 0.1) is 19.4 Å². The summed E-state index contributed by atoms with van der Waals surface area (Å²) in [7, 11) is 3.16. The Balaban J connectivity index is 1.79. The first-order valence-corrected chi connectivity index (χ1v) is 8.34. The summed E-state index contributed by atoms with van der Waals surface area (Å²) in [6, 6.07) is 15.5. The summed E-state index contributed by atoms with van der Waals surface area (Å²) >= 11 is 0. The lowest BCUT2D eigenvalue weighted by Crippen LogP contribution is -2.30.